The SMILES string of the molecule is O=C(CCC(=O)N1CCN(S(=O)(=O)c2ccc3ccccc3c2)CC1)c1ccc(Cl)s1. The maximum atomic E-state index is 13.0. The Hall–Kier alpha value is -2.26. The lowest BCUT2D eigenvalue weighted by molar-refractivity contribution is -0.132. The van der Waals surface area contributed by atoms with Crippen LogP contribution in [0.3, 0.4) is 0 Å². The van der Waals surface area contributed by atoms with E-state index in [9.17, 15) is 18.0 Å². The maximum Gasteiger partial charge on any atom is 0.243 e. The summed E-state index contributed by atoms with van der Waals surface area (Å²) in [5, 5.41) is 1.85. The van der Waals surface area contributed by atoms with Crippen LogP contribution in [-0.4, -0.2) is 55.5 Å². The number of fused-ring (bicyclic) bond motifs is 1. The summed E-state index contributed by atoms with van der Waals surface area (Å²) in [7, 11) is -3.63. The minimum absolute atomic E-state index is 0.103. The third kappa shape index (κ3) is 4.82. The minimum atomic E-state index is -3.63. The fourth-order valence-electron chi connectivity index (χ4n) is 3.62. The molecule has 0 unspecified atom stereocenters. The molecule has 31 heavy (non-hydrogen) atoms. The van der Waals surface area contributed by atoms with E-state index >= 15 is 0 Å². The van der Waals surface area contributed by atoms with Gasteiger partial charge in [-0.3, -0.25) is 9.59 Å². The van der Waals surface area contributed by atoms with Gasteiger partial charge in [0.2, 0.25) is 15.9 Å². The number of thiophene rings is 1. The molecule has 9 heteroatoms. The van der Waals surface area contributed by atoms with E-state index in [1.165, 1.54) is 15.6 Å². The lowest BCUT2D eigenvalue weighted by Crippen LogP contribution is -2.50. The molecule has 2 heterocycles. The van der Waals surface area contributed by atoms with E-state index < -0.39 is 10.0 Å². The van der Waals surface area contributed by atoms with Crippen LogP contribution in [0.4, 0.5) is 0 Å². The van der Waals surface area contributed by atoms with Crippen molar-refractivity contribution in [3.8, 4) is 0 Å². The molecule has 0 saturated carbocycles. The third-order valence-corrected chi connectivity index (χ3v) is 8.53. The number of hydrogen-bond acceptors (Lipinski definition) is 5. The summed E-state index contributed by atoms with van der Waals surface area (Å²) in [6.45, 7) is 1.08. The monoisotopic (exact) mass is 476 g/mol. The van der Waals surface area contributed by atoms with Crippen molar-refractivity contribution < 1.29 is 18.0 Å². The molecule has 1 aliphatic rings. The average molecular weight is 477 g/mol. The second-order valence-corrected chi connectivity index (χ2v) is 11.0. The molecule has 0 radical (unpaired) electrons. The van der Waals surface area contributed by atoms with Crippen LogP contribution in [-0.2, 0) is 14.8 Å². The number of Topliss-reactive ketones (excluding diaryl/α,β-unsaturated/α-hetero) is 1. The smallest absolute Gasteiger partial charge is 0.243 e. The van der Waals surface area contributed by atoms with E-state index in [0.29, 0.717) is 22.3 Å². The van der Waals surface area contributed by atoms with Crippen molar-refractivity contribution in [2.24, 2.45) is 0 Å². The predicted molar refractivity (Wildman–Crippen MR) is 122 cm³/mol. The fraction of sp³-hybridized carbons (Fsp3) is 0.273. The normalized spacial score (nSPS) is 15.3. The number of carbonyl (C=O) groups is 2. The number of halogens is 1. The van der Waals surface area contributed by atoms with E-state index in [1.54, 1.807) is 35.2 Å². The summed E-state index contributed by atoms with van der Waals surface area (Å²) in [6, 6.07) is 16.1. The Labute approximate surface area is 190 Å². The molecule has 4 rings (SSSR count). The van der Waals surface area contributed by atoms with Crippen molar-refractivity contribution in [2.75, 3.05) is 26.2 Å². The molecule has 0 atom stereocenters. The number of ketones is 1. The summed E-state index contributed by atoms with van der Waals surface area (Å²) in [5.41, 5.74) is 0. The van der Waals surface area contributed by atoms with Crippen molar-refractivity contribution in [2.45, 2.75) is 17.7 Å². The zero-order chi connectivity index (χ0) is 22.0. The highest BCUT2D eigenvalue weighted by Crippen LogP contribution is 2.24. The molecular formula is C22H21ClN2O4S2. The van der Waals surface area contributed by atoms with Gasteiger partial charge in [-0.1, -0.05) is 41.9 Å². The standard InChI is InChI=1S/C22H21ClN2O4S2/c23-21-9-8-20(30-21)19(26)7-10-22(27)24-11-13-25(14-12-24)31(28,29)18-6-5-16-3-1-2-4-17(16)15-18/h1-6,8-9,15H,7,10-14H2. The van der Waals surface area contributed by atoms with E-state index in [4.69, 9.17) is 11.6 Å². The molecule has 162 valence electrons. The van der Waals surface area contributed by atoms with E-state index in [-0.39, 0.29) is 42.5 Å². The van der Waals surface area contributed by atoms with Gasteiger partial charge in [-0.25, -0.2) is 8.42 Å². The molecule has 1 amide bonds. The van der Waals surface area contributed by atoms with E-state index in [1.807, 2.05) is 24.3 Å². The summed E-state index contributed by atoms with van der Waals surface area (Å²) in [6.07, 6.45) is 0.219. The van der Waals surface area contributed by atoms with Crippen LogP contribution in [0, 0.1) is 0 Å². The highest BCUT2D eigenvalue weighted by Gasteiger charge is 2.30. The quantitative estimate of drug-likeness (QED) is 0.503. The van der Waals surface area contributed by atoms with Crippen LogP contribution in [0.25, 0.3) is 10.8 Å². The molecule has 6 nitrogen and oxygen atoms in total. The van der Waals surface area contributed by atoms with Gasteiger partial charge in [0.1, 0.15) is 0 Å². The van der Waals surface area contributed by atoms with Crippen LogP contribution in [0.1, 0.15) is 22.5 Å². The van der Waals surface area contributed by atoms with Gasteiger partial charge in [-0.15, -0.1) is 11.3 Å². The first-order valence-electron chi connectivity index (χ1n) is 9.90. The van der Waals surface area contributed by atoms with E-state index in [2.05, 4.69) is 0 Å². The van der Waals surface area contributed by atoms with Gasteiger partial charge in [-0.2, -0.15) is 4.31 Å². The average Bonchev–Trinajstić information content (AvgIpc) is 3.23. The summed E-state index contributed by atoms with van der Waals surface area (Å²) in [5.74, 6) is -0.249. The number of piperazine rings is 1. The van der Waals surface area contributed by atoms with Gasteiger partial charge >= 0.3 is 0 Å². The number of hydrogen-bond donors (Lipinski definition) is 0. The fourth-order valence-corrected chi connectivity index (χ4v) is 6.09. The molecule has 0 aliphatic carbocycles. The van der Waals surface area contributed by atoms with Gasteiger partial charge in [-0.05, 0) is 35.0 Å². The van der Waals surface area contributed by atoms with Crippen LogP contribution < -0.4 is 0 Å². The van der Waals surface area contributed by atoms with Crippen LogP contribution >= 0.6 is 22.9 Å². The van der Waals surface area contributed by atoms with Crippen molar-refractivity contribution >= 4 is 55.4 Å². The number of nitrogens with zero attached hydrogens (tertiary/aromatic N) is 2. The molecule has 1 aliphatic heterocycles. The van der Waals surface area contributed by atoms with Gasteiger partial charge in [0.05, 0.1) is 14.1 Å². The summed E-state index contributed by atoms with van der Waals surface area (Å²) < 4.78 is 28.1. The topological polar surface area (TPSA) is 74.8 Å². The number of amides is 1. The second kappa shape index (κ2) is 9.08. The minimum Gasteiger partial charge on any atom is -0.340 e. The molecule has 1 saturated heterocycles. The van der Waals surface area contributed by atoms with Crippen molar-refractivity contribution in [1.29, 1.82) is 0 Å². The molecule has 1 fully saturated rings. The number of carbonyl (C=O) groups excluding carboxylic acids is 2. The number of sulfonamides is 1. The van der Waals surface area contributed by atoms with E-state index in [0.717, 1.165) is 10.8 Å². The van der Waals surface area contributed by atoms with Crippen LogP contribution in [0.15, 0.2) is 59.5 Å². The number of rotatable bonds is 6. The second-order valence-electron chi connectivity index (χ2n) is 7.32. The van der Waals surface area contributed by atoms with Crippen molar-refractivity contribution in [1.82, 2.24) is 9.21 Å². The summed E-state index contributed by atoms with van der Waals surface area (Å²) in [4.78, 5) is 27.1. The molecule has 2 aromatic carbocycles. The molecule has 0 bridgehead atoms. The molecule has 3 aromatic rings. The molecule has 0 spiro atoms. The maximum absolute atomic E-state index is 13.0. The van der Waals surface area contributed by atoms with Gasteiger partial charge in [0.15, 0.2) is 5.78 Å². The zero-order valence-electron chi connectivity index (χ0n) is 16.7. The first-order valence-corrected chi connectivity index (χ1v) is 12.5. The van der Waals surface area contributed by atoms with Crippen molar-refractivity contribution in [3.63, 3.8) is 0 Å². The Balaban J connectivity index is 1.34. The van der Waals surface area contributed by atoms with Crippen molar-refractivity contribution in [3.05, 3.63) is 63.8 Å². The Morgan fingerprint density at radius 2 is 1.61 bits per heavy atom. The lowest BCUT2D eigenvalue weighted by Gasteiger charge is -2.34. The highest BCUT2D eigenvalue weighted by atomic mass is 35.5. The van der Waals surface area contributed by atoms with Crippen LogP contribution in [0.2, 0.25) is 4.34 Å². The zero-order valence-corrected chi connectivity index (χ0v) is 19.0. The first kappa shape index (κ1) is 22.0. The molecular weight excluding hydrogens is 456 g/mol. The third-order valence-electron chi connectivity index (χ3n) is 5.36. The van der Waals surface area contributed by atoms with Gasteiger partial charge in [0.25, 0.3) is 0 Å². The number of benzene rings is 2. The summed E-state index contributed by atoms with van der Waals surface area (Å²) >= 11 is 7.05. The van der Waals surface area contributed by atoms with Crippen LogP contribution in [0.5, 0.6) is 0 Å². The molecule has 1 aromatic heterocycles. The first-order chi connectivity index (χ1) is 14.8. The Bertz CT molecular complexity index is 1230. The lowest BCUT2D eigenvalue weighted by atomic mass is 10.1. The van der Waals surface area contributed by atoms with Gasteiger partial charge in [0, 0.05) is 39.0 Å². The predicted octanol–water partition coefficient (Wildman–Crippen LogP) is 4.05. The Morgan fingerprint density at radius 3 is 2.29 bits per heavy atom. The largest absolute Gasteiger partial charge is 0.340 e. The molecule has 0 N–H and O–H groups in total. The Kier molecular flexibility index (Phi) is 6.43. The Morgan fingerprint density at radius 1 is 0.903 bits per heavy atom. The van der Waals surface area contributed by atoms with Gasteiger partial charge < -0.3 is 4.90 Å². The highest BCUT2D eigenvalue weighted by molar-refractivity contribution is 7.89.